The van der Waals surface area contributed by atoms with Crippen molar-refractivity contribution in [1.82, 2.24) is 14.8 Å². The minimum absolute atomic E-state index is 0.207. The summed E-state index contributed by atoms with van der Waals surface area (Å²) in [5, 5.41) is 7.23. The molecule has 6 heteroatoms. The molecule has 1 aromatic carbocycles. The second kappa shape index (κ2) is 8.69. The van der Waals surface area contributed by atoms with Gasteiger partial charge >= 0.3 is 0 Å². The normalized spacial score (nSPS) is 14.1. The Kier molecular flexibility index (Phi) is 5.66. The molecule has 1 aliphatic rings. The Labute approximate surface area is 164 Å². The fourth-order valence-electron chi connectivity index (χ4n) is 3.45. The predicted molar refractivity (Wildman–Crippen MR) is 107 cm³/mol. The van der Waals surface area contributed by atoms with Gasteiger partial charge in [-0.05, 0) is 43.7 Å². The number of carbonyl (C=O) groups is 1. The van der Waals surface area contributed by atoms with E-state index in [1.807, 2.05) is 18.2 Å². The molecule has 1 saturated carbocycles. The van der Waals surface area contributed by atoms with Crippen molar-refractivity contribution in [1.29, 1.82) is 0 Å². The molecule has 0 aliphatic heterocycles. The van der Waals surface area contributed by atoms with Crippen LogP contribution in [0.5, 0.6) is 5.88 Å². The van der Waals surface area contributed by atoms with Gasteiger partial charge in [0.05, 0.1) is 11.8 Å². The van der Waals surface area contributed by atoms with E-state index in [0.29, 0.717) is 23.8 Å². The molecule has 6 nitrogen and oxygen atoms in total. The lowest BCUT2D eigenvalue weighted by Gasteiger charge is -2.12. The first-order valence-electron chi connectivity index (χ1n) is 9.78. The van der Waals surface area contributed by atoms with Gasteiger partial charge in [-0.2, -0.15) is 5.10 Å². The maximum atomic E-state index is 12.6. The monoisotopic (exact) mass is 376 g/mol. The van der Waals surface area contributed by atoms with E-state index >= 15 is 0 Å². The van der Waals surface area contributed by atoms with Crippen LogP contribution in [0.3, 0.4) is 0 Å². The SMILES string of the molecule is O=C(Nc1ccnn1CCc1ccccc1)c1ccc(OC2CCCC2)nc1. The van der Waals surface area contributed by atoms with Crippen molar-refractivity contribution >= 4 is 11.7 Å². The molecule has 144 valence electrons. The summed E-state index contributed by atoms with van der Waals surface area (Å²) in [4.78, 5) is 16.8. The number of amides is 1. The number of ether oxygens (including phenoxy) is 1. The minimum Gasteiger partial charge on any atom is -0.474 e. The number of carbonyl (C=O) groups excluding carboxylic acids is 1. The van der Waals surface area contributed by atoms with E-state index in [0.717, 1.165) is 19.3 Å². The van der Waals surface area contributed by atoms with E-state index in [9.17, 15) is 4.79 Å². The highest BCUT2D eigenvalue weighted by molar-refractivity contribution is 6.03. The molecule has 1 fully saturated rings. The Morgan fingerprint density at radius 1 is 1.11 bits per heavy atom. The number of rotatable bonds is 7. The molecule has 2 heterocycles. The summed E-state index contributed by atoms with van der Waals surface area (Å²) < 4.78 is 7.65. The topological polar surface area (TPSA) is 69.0 Å². The number of hydrogen-bond donors (Lipinski definition) is 1. The predicted octanol–water partition coefficient (Wildman–Crippen LogP) is 4.09. The van der Waals surface area contributed by atoms with E-state index in [1.165, 1.54) is 18.4 Å². The van der Waals surface area contributed by atoms with Crippen LogP contribution in [-0.4, -0.2) is 26.8 Å². The van der Waals surface area contributed by atoms with Crippen LogP contribution in [0.2, 0.25) is 0 Å². The zero-order chi connectivity index (χ0) is 19.2. The maximum Gasteiger partial charge on any atom is 0.258 e. The molecule has 0 radical (unpaired) electrons. The van der Waals surface area contributed by atoms with Gasteiger partial charge in [-0.15, -0.1) is 0 Å². The molecule has 0 atom stereocenters. The lowest BCUT2D eigenvalue weighted by Crippen LogP contribution is -2.17. The highest BCUT2D eigenvalue weighted by atomic mass is 16.5. The van der Waals surface area contributed by atoms with Crippen LogP contribution in [-0.2, 0) is 13.0 Å². The summed E-state index contributed by atoms with van der Waals surface area (Å²) >= 11 is 0. The first kappa shape index (κ1) is 18.2. The molecule has 2 aromatic heterocycles. The third-order valence-electron chi connectivity index (χ3n) is 5.00. The van der Waals surface area contributed by atoms with Gasteiger partial charge in [0.2, 0.25) is 5.88 Å². The quantitative estimate of drug-likeness (QED) is 0.674. The number of aryl methyl sites for hydroxylation is 2. The summed E-state index contributed by atoms with van der Waals surface area (Å²) in [6.07, 6.45) is 8.94. The molecule has 0 saturated heterocycles. The van der Waals surface area contributed by atoms with Gasteiger partial charge < -0.3 is 10.1 Å². The third-order valence-corrected chi connectivity index (χ3v) is 5.00. The lowest BCUT2D eigenvalue weighted by atomic mass is 10.1. The van der Waals surface area contributed by atoms with Gasteiger partial charge in [-0.3, -0.25) is 4.79 Å². The Bertz CT molecular complexity index is 900. The van der Waals surface area contributed by atoms with Crippen molar-refractivity contribution < 1.29 is 9.53 Å². The largest absolute Gasteiger partial charge is 0.474 e. The smallest absolute Gasteiger partial charge is 0.258 e. The first-order valence-corrected chi connectivity index (χ1v) is 9.78. The van der Waals surface area contributed by atoms with Crippen LogP contribution in [0.4, 0.5) is 5.82 Å². The van der Waals surface area contributed by atoms with E-state index in [2.05, 4.69) is 27.5 Å². The summed E-state index contributed by atoms with van der Waals surface area (Å²) in [6.45, 7) is 0.693. The van der Waals surface area contributed by atoms with E-state index in [-0.39, 0.29) is 12.0 Å². The van der Waals surface area contributed by atoms with Gasteiger partial charge in [0.25, 0.3) is 5.91 Å². The van der Waals surface area contributed by atoms with Gasteiger partial charge in [-0.1, -0.05) is 30.3 Å². The van der Waals surface area contributed by atoms with Crippen LogP contribution in [0.25, 0.3) is 0 Å². The Morgan fingerprint density at radius 3 is 2.68 bits per heavy atom. The van der Waals surface area contributed by atoms with Gasteiger partial charge in [-0.25, -0.2) is 9.67 Å². The molecule has 1 aliphatic carbocycles. The summed E-state index contributed by atoms with van der Waals surface area (Å²) in [5.41, 5.74) is 1.73. The average molecular weight is 376 g/mol. The van der Waals surface area contributed by atoms with Crippen LogP contribution < -0.4 is 10.1 Å². The van der Waals surface area contributed by atoms with Crippen molar-refractivity contribution in [3.05, 3.63) is 72.1 Å². The molecule has 1 amide bonds. The second-order valence-electron chi connectivity index (χ2n) is 7.04. The summed E-state index contributed by atoms with van der Waals surface area (Å²) in [6, 6.07) is 15.5. The van der Waals surface area contributed by atoms with Crippen molar-refractivity contribution in [2.24, 2.45) is 0 Å². The molecule has 4 rings (SSSR count). The van der Waals surface area contributed by atoms with Crippen molar-refractivity contribution in [3.63, 3.8) is 0 Å². The number of pyridine rings is 1. The molecular weight excluding hydrogens is 352 g/mol. The van der Waals surface area contributed by atoms with Crippen LogP contribution in [0.15, 0.2) is 60.9 Å². The molecule has 28 heavy (non-hydrogen) atoms. The number of nitrogens with zero attached hydrogens (tertiary/aromatic N) is 3. The number of benzene rings is 1. The fourth-order valence-corrected chi connectivity index (χ4v) is 3.45. The first-order chi connectivity index (χ1) is 13.8. The zero-order valence-electron chi connectivity index (χ0n) is 15.8. The van der Waals surface area contributed by atoms with E-state index in [1.54, 1.807) is 35.3 Å². The number of nitrogens with one attached hydrogen (secondary N) is 1. The van der Waals surface area contributed by atoms with E-state index < -0.39 is 0 Å². The third kappa shape index (κ3) is 4.57. The minimum atomic E-state index is -0.207. The van der Waals surface area contributed by atoms with Crippen LogP contribution >= 0.6 is 0 Å². The Hall–Kier alpha value is -3.15. The highest BCUT2D eigenvalue weighted by Crippen LogP contribution is 2.23. The highest BCUT2D eigenvalue weighted by Gasteiger charge is 2.17. The summed E-state index contributed by atoms with van der Waals surface area (Å²) in [7, 11) is 0. The fraction of sp³-hybridized carbons (Fsp3) is 0.318. The molecule has 3 aromatic rings. The van der Waals surface area contributed by atoms with E-state index in [4.69, 9.17) is 4.74 Å². The van der Waals surface area contributed by atoms with Crippen LogP contribution in [0.1, 0.15) is 41.6 Å². The average Bonchev–Trinajstić information content (AvgIpc) is 3.40. The Morgan fingerprint density at radius 2 is 1.93 bits per heavy atom. The molecule has 1 N–H and O–H groups in total. The molecule has 0 unspecified atom stereocenters. The lowest BCUT2D eigenvalue weighted by molar-refractivity contribution is 0.102. The van der Waals surface area contributed by atoms with Gasteiger partial charge in [0.15, 0.2) is 0 Å². The standard InChI is InChI=1S/C22H24N4O2/c27-22(18-10-11-21(23-16-18)28-19-8-4-5-9-19)25-20-12-14-24-26(20)15-13-17-6-2-1-3-7-17/h1-3,6-7,10-12,14,16,19H,4-5,8-9,13,15H2,(H,25,27). The zero-order valence-corrected chi connectivity index (χ0v) is 15.8. The summed E-state index contributed by atoms with van der Waals surface area (Å²) in [5.74, 6) is 1.05. The molecular formula is C22H24N4O2. The molecule has 0 bridgehead atoms. The second-order valence-corrected chi connectivity index (χ2v) is 7.04. The van der Waals surface area contributed by atoms with Crippen molar-refractivity contribution in [2.75, 3.05) is 5.32 Å². The van der Waals surface area contributed by atoms with Gasteiger partial charge in [0, 0.05) is 24.9 Å². The van der Waals surface area contributed by atoms with Crippen molar-refractivity contribution in [3.8, 4) is 5.88 Å². The number of anilines is 1. The maximum absolute atomic E-state index is 12.6. The van der Waals surface area contributed by atoms with Crippen molar-refractivity contribution in [2.45, 2.75) is 44.8 Å². The van der Waals surface area contributed by atoms with Gasteiger partial charge in [0.1, 0.15) is 11.9 Å². The molecule has 0 spiro atoms. The Balaban J connectivity index is 1.35. The van der Waals surface area contributed by atoms with Crippen LogP contribution in [0, 0.1) is 0 Å². The number of aromatic nitrogens is 3. The number of hydrogen-bond acceptors (Lipinski definition) is 4.